The van der Waals surface area contributed by atoms with Crippen LogP contribution in [0.25, 0.3) is 94.0 Å². The Bertz CT molecular complexity index is 4420. The predicted molar refractivity (Wildman–Crippen MR) is 328 cm³/mol. The van der Waals surface area contributed by atoms with Crippen LogP contribution in [-0.4, -0.2) is 26.2 Å². The average Bonchev–Trinajstić information content (AvgIpc) is 3.97. The van der Waals surface area contributed by atoms with Crippen molar-refractivity contribution in [2.45, 2.75) is 93.9 Å². The fourth-order valence-electron chi connectivity index (χ4n) is 13.7. The number of anilines is 3. The first-order valence-corrected chi connectivity index (χ1v) is 27.4. The Morgan fingerprint density at radius 3 is 1.48 bits per heavy atom. The summed E-state index contributed by atoms with van der Waals surface area (Å²) in [7, 11) is 0. The fourth-order valence-corrected chi connectivity index (χ4v) is 13.7. The molecule has 2 aliphatic rings. The highest BCUT2D eigenvalue weighted by Crippen LogP contribution is 2.48. The van der Waals surface area contributed by atoms with Gasteiger partial charge in [0.25, 0.3) is 6.71 Å². The molecule has 2 aliphatic heterocycles. The molecule has 0 aliphatic carbocycles. The summed E-state index contributed by atoms with van der Waals surface area (Å²) in [6, 6.07) is 60.2. The minimum absolute atomic E-state index is 0.0105. The topological polar surface area (TPSA) is 46.8 Å². The van der Waals surface area contributed by atoms with Crippen LogP contribution in [0.3, 0.4) is 0 Å². The quantitative estimate of drug-likeness (QED) is 0.130. The third kappa shape index (κ3) is 7.03. The molecule has 0 unspecified atom stereocenters. The maximum absolute atomic E-state index is 5.61. The summed E-state index contributed by atoms with van der Waals surface area (Å²) in [5, 5.41) is 10.2. The summed E-state index contributed by atoms with van der Waals surface area (Å²) in [5.41, 5.74) is 23.4. The molecule has 6 heteroatoms. The maximum atomic E-state index is 5.61. The van der Waals surface area contributed by atoms with Crippen molar-refractivity contribution in [1.82, 2.24) is 19.5 Å². The van der Waals surface area contributed by atoms with Crippen LogP contribution in [0.4, 0.5) is 17.1 Å². The molecule has 0 amide bonds. The lowest BCUT2D eigenvalue weighted by molar-refractivity contribution is 0.590. The van der Waals surface area contributed by atoms with Crippen molar-refractivity contribution in [3.63, 3.8) is 0 Å². The van der Waals surface area contributed by atoms with Crippen LogP contribution in [0, 0.1) is 41.5 Å². The molecule has 4 heterocycles. The molecule has 0 N–H and O–H groups in total. The first-order valence-electron chi connectivity index (χ1n) is 27.4. The Morgan fingerprint density at radius 1 is 0.403 bits per heavy atom. The second kappa shape index (κ2) is 16.6. The normalized spacial score (nSPS) is 13.1. The van der Waals surface area contributed by atoms with Gasteiger partial charge in [-0.3, -0.25) is 0 Å². The van der Waals surface area contributed by atoms with Crippen LogP contribution in [0.15, 0.2) is 158 Å². The molecule has 0 spiro atoms. The maximum Gasteiger partial charge on any atom is 0.252 e. The molecule has 0 radical (unpaired) electrons. The monoisotopic (exact) mass is 996 g/mol. The zero-order chi connectivity index (χ0) is 53.1. The predicted octanol–water partition coefficient (Wildman–Crippen LogP) is 16.5. The summed E-state index contributed by atoms with van der Waals surface area (Å²) < 4.78 is 2.60. The van der Waals surface area contributed by atoms with Crippen LogP contribution in [0.2, 0.25) is 0 Å². The Labute approximate surface area is 452 Å². The lowest BCUT2D eigenvalue weighted by atomic mass is 9.33. The second-order valence-corrected chi connectivity index (χ2v) is 24.4. The van der Waals surface area contributed by atoms with Gasteiger partial charge in [0.05, 0.1) is 11.0 Å². The first-order chi connectivity index (χ1) is 36.9. The Hall–Kier alpha value is -8.35. The molecule has 77 heavy (non-hydrogen) atoms. The number of aromatic nitrogens is 4. The highest BCUT2D eigenvalue weighted by atomic mass is 15.2. The smallest absolute Gasteiger partial charge is 0.252 e. The third-order valence-electron chi connectivity index (χ3n) is 17.0. The van der Waals surface area contributed by atoms with E-state index in [4.69, 9.17) is 15.0 Å². The molecule has 0 saturated carbocycles. The van der Waals surface area contributed by atoms with Crippen molar-refractivity contribution in [2.24, 2.45) is 0 Å². The van der Waals surface area contributed by atoms with E-state index in [1.807, 2.05) is 0 Å². The molecule has 0 bridgehead atoms. The molecule has 0 atom stereocenters. The number of benzene rings is 10. The molecule has 5 nitrogen and oxygen atoms in total. The van der Waals surface area contributed by atoms with Gasteiger partial charge < -0.3 is 9.47 Å². The van der Waals surface area contributed by atoms with E-state index in [0.717, 1.165) is 56.0 Å². The molecule has 2 aromatic heterocycles. The van der Waals surface area contributed by atoms with E-state index in [0.29, 0.717) is 17.5 Å². The van der Waals surface area contributed by atoms with E-state index in [-0.39, 0.29) is 17.5 Å². The van der Waals surface area contributed by atoms with E-state index in [1.54, 1.807) is 0 Å². The van der Waals surface area contributed by atoms with Crippen LogP contribution in [-0.2, 0) is 10.8 Å². The van der Waals surface area contributed by atoms with Crippen molar-refractivity contribution in [3.8, 4) is 39.9 Å². The Kier molecular flexibility index (Phi) is 10.1. The van der Waals surface area contributed by atoms with Crippen LogP contribution >= 0.6 is 0 Å². The molecule has 0 fully saturated rings. The lowest BCUT2D eigenvalue weighted by Gasteiger charge is -2.41. The van der Waals surface area contributed by atoms with Gasteiger partial charge in [-0.25, -0.2) is 15.0 Å². The van der Waals surface area contributed by atoms with Gasteiger partial charge in [-0.1, -0.05) is 174 Å². The van der Waals surface area contributed by atoms with Crippen molar-refractivity contribution in [3.05, 3.63) is 202 Å². The zero-order valence-electron chi connectivity index (χ0n) is 46.3. The van der Waals surface area contributed by atoms with Gasteiger partial charge in [-0.15, -0.1) is 0 Å². The number of rotatable bonds is 4. The van der Waals surface area contributed by atoms with Gasteiger partial charge in [0.2, 0.25) is 0 Å². The van der Waals surface area contributed by atoms with Gasteiger partial charge in [-0.2, -0.15) is 0 Å². The number of hydrogen-bond donors (Lipinski definition) is 0. The van der Waals surface area contributed by atoms with Gasteiger partial charge in [0.1, 0.15) is 0 Å². The number of fused-ring (bicyclic) bond motifs is 14. The van der Waals surface area contributed by atoms with E-state index in [1.165, 1.54) is 98.5 Å². The largest absolute Gasteiger partial charge is 0.311 e. The summed E-state index contributed by atoms with van der Waals surface area (Å²) in [4.78, 5) is 19.2. The minimum atomic E-state index is -0.106. The highest BCUT2D eigenvalue weighted by Gasteiger charge is 2.44. The van der Waals surface area contributed by atoms with Crippen LogP contribution < -0.4 is 21.3 Å². The van der Waals surface area contributed by atoms with Crippen molar-refractivity contribution in [2.75, 3.05) is 4.90 Å². The number of nitrogens with zero attached hydrogens (tertiary/aromatic N) is 5. The standard InChI is InChI=1S/C71H62BN5/c1-39-31-41(3)61(42(4)32-39)68-73-67(74-69(75-68)62-43(5)33-40(2)34-44(62)6)45-35-59-65-60(36-45)77-57-24-18-17-23-53(57)64-63-52-22-16-15-20-50(52)49-19-13-14-21-51(49)54(63)38-56(66(64)77)72(65)55-37-47(71(10,11)12)27-30-58(55)76(59)48-28-25-46(26-29-48)70(7,8)9/h13-38H,1-12H3. The molecule has 0 saturated heterocycles. The number of hydrogen-bond acceptors (Lipinski definition) is 4. The van der Waals surface area contributed by atoms with Crippen molar-refractivity contribution in [1.29, 1.82) is 0 Å². The van der Waals surface area contributed by atoms with Crippen molar-refractivity contribution < 1.29 is 0 Å². The number of para-hydroxylation sites is 1. The summed E-state index contributed by atoms with van der Waals surface area (Å²) >= 11 is 0. The molecule has 10 aromatic carbocycles. The van der Waals surface area contributed by atoms with E-state index >= 15 is 0 Å². The second-order valence-electron chi connectivity index (χ2n) is 24.4. The van der Waals surface area contributed by atoms with Gasteiger partial charge in [-0.05, 0) is 165 Å². The van der Waals surface area contributed by atoms with Gasteiger partial charge in [0, 0.05) is 55.6 Å². The Morgan fingerprint density at radius 2 is 0.896 bits per heavy atom. The zero-order valence-corrected chi connectivity index (χ0v) is 46.3. The molecular formula is C71H62BN5. The van der Waals surface area contributed by atoms with Gasteiger partial charge in [0.15, 0.2) is 17.5 Å². The fraction of sp³-hybridized carbons (Fsp3) is 0.197. The van der Waals surface area contributed by atoms with Gasteiger partial charge >= 0.3 is 0 Å². The highest BCUT2D eigenvalue weighted by molar-refractivity contribution is 7.00. The number of aryl methyl sites for hydroxylation is 6. The van der Waals surface area contributed by atoms with Crippen LogP contribution in [0.1, 0.15) is 86.1 Å². The SMILES string of the molecule is Cc1cc(C)c(-c2nc(-c3cc4c5c(c3)-n3c6ccccc6c6c7c8ccccc8c8ccccc8c7cc(c63)B5c3cc(C(C)(C)C)ccc3N4c3ccc(C(C)(C)C)cc3)nc(-c3c(C)cc(C)cc3C)n2)c(C)c1. The molecular weight excluding hydrogens is 934 g/mol. The van der Waals surface area contributed by atoms with Crippen molar-refractivity contribution >= 4 is 94.3 Å². The lowest BCUT2D eigenvalue weighted by Crippen LogP contribution is -2.60. The molecule has 12 aromatic rings. The summed E-state index contributed by atoms with van der Waals surface area (Å²) in [6.07, 6.45) is 0. The molecule has 14 rings (SSSR count). The average molecular weight is 996 g/mol. The van der Waals surface area contributed by atoms with E-state index < -0.39 is 0 Å². The Balaban J connectivity index is 1.17. The first kappa shape index (κ1) is 47.1. The minimum Gasteiger partial charge on any atom is -0.311 e. The van der Waals surface area contributed by atoms with E-state index in [2.05, 4.69) is 250 Å². The summed E-state index contributed by atoms with van der Waals surface area (Å²) in [5.74, 6) is 2.01. The van der Waals surface area contributed by atoms with E-state index in [9.17, 15) is 0 Å². The van der Waals surface area contributed by atoms with Crippen LogP contribution in [0.5, 0.6) is 0 Å². The third-order valence-corrected chi connectivity index (χ3v) is 17.0. The summed E-state index contributed by atoms with van der Waals surface area (Å²) in [6.45, 7) is 26.9. The molecule has 374 valence electrons.